The summed E-state index contributed by atoms with van der Waals surface area (Å²) in [5.41, 5.74) is 1.24. The molecule has 1 aliphatic rings. The molecular formula is C17H28N2O. The second-order valence-corrected chi connectivity index (χ2v) is 5.65. The van der Waals surface area contributed by atoms with E-state index in [2.05, 4.69) is 48.3 Å². The van der Waals surface area contributed by atoms with Crippen LogP contribution < -0.4 is 15.0 Å². The second-order valence-electron chi connectivity index (χ2n) is 5.65. The van der Waals surface area contributed by atoms with Gasteiger partial charge in [-0.3, -0.25) is 0 Å². The predicted octanol–water partition coefficient (Wildman–Crippen LogP) is 3.30. The van der Waals surface area contributed by atoms with Gasteiger partial charge in [0.05, 0.1) is 12.3 Å². The van der Waals surface area contributed by atoms with Gasteiger partial charge in [-0.25, -0.2) is 0 Å². The summed E-state index contributed by atoms with van der Waals surface area (Å²) in [4.78, 5) is 2.49. The van der Waals surface area contributed by atoms with Crippen molar-refractivity contribution in [3.05, 3.63) is 24.3 Å². The number of nitrogens with one attached hydrogen (secondary N) is 1. The fraction of sp³-hybridized carbons (Fsp3) is 0.647. The fourth-order valence-corrected chi connectivity index (χ4v) is 2.83. The van der Waals surface area contributed by atoms with E-state index in [0.29, 0.717) is 12.0 Å². The second kappa shape index (κ2) is 7.53. The van der Waals surface area contributed by atoms with E-state index in [9.17, 15) is 0 Å². The van der Waals surface area contributed by atoms with E-state index in [-0.39, 0.29) is 0 Å². The Morgan fingerprint density at radius 1 is 1.35 bits per heavy atom. The van der Waals surface area contributed by atoms with E-state index in [1.54, 1.807) is 0 Å². The summed E-state index contributed by atoms with van der Waals surface area (Å²) in [7, 11) is 0. The molecule has 112 valence electrons. The van der Waals surface area contributed by atoms with Crippen molar-refractivity contribution in [1.29, 1.82) is 0 Å². The van der Waals surface area contributed by atoms with Crippen LogP contribution in [0.5, 0.6) is 5.75 Å². The van der Waals surface area contributed by atoms with Crippen LogP contribution in [0.4, 0.5) is 5.69 Å². The van der Waals surface area contributed by atoms with Crippen molar-refractivity contribution in [2.45, 2.75) is 39.7 Å². The zero-order valence-electron chi connectivity index (χ0n) is 13.1. The van der Waals surface area contributed by atoms with Gasteiger partial charge < -0.3 is 15.0 Å². The Morgan fingerprint density at radius 2 is 2.15 bits per heavy atom. The number of hydrogen-bond donors (Lipinski definition) is 1. The van der Waals surface area contributed by atoms with Gasteiger partial charge in [0.1, 0.15) is 5.75 Å². The number of nitrogens with zero attached hydrogens (tertiary/aromatic N) is 1. The molecule has 0 spiro atoms. The molecule has 0 aliphatic carbocycles. The smallest absolute Gasteiger partial charge is 0.142 e. The van der Waals surface area contributed by atoms with Crippen molar-refractivity contribution in [2.24, 2.45) is 5.92 Å². The number of hydrogen-bond acceptors (Lipinski definition) is 3. The summed E-state index contributed by atoms with van der Waals surface area (Å²) in [6, 6.07) is 8.99. The number of para-hydroxylation sites is 2. The third-order valence-electron chi connectivity index (χ3n) is 4.27. The zero-order valence-corrected chi connectivity index (χ0v) is 13.1. The van der Waals surface area contributed by atoms with Crippen LogP contribution in [0.1, 0.15) is 33.6 Å². The topological polar surface area (TPSA) is 24.5 Å². The molecule has 1 aromatic carbocycles. The molecule has 0 amide bonds. The summed E-state index contributed by atoms with van der Waals surface area (Å²) < 4.78 is 5.79. The highest BCUT2D eigenvalue weighted by atomic mass is 16.5. The molecule has 1 saturated heterocycles. The first-order chi connectivity index (χ1) is 9.76. The Balaban J connectivity index is 2.17. The van der Waals surface area contributed by atoms with Gasteiger partial charge in [0.2, 0.25) is 0 Å². The quantitative estimate of drug-likeness (QED) is 0.893. The van der Waals surface area contributed by atoms with Crippen molar-refractivity contribution >= 4 is 5.69 Å². The van der Waals surface area contributed by atoms with Crippen LogP contribution in [0.15, 0.2) is 24.3 Å². The Morgan fingerprint density at radius 3 is 2.90 bits per heavy atom. The Hall–Kier alpha value is -1.22. The van der Waals surface area contributed by atoms with Crippen LogP contribution in [-0.4, -0.2) is 32.3 Å². The summed E-state index contributed by atoms with van der Waals surface area (Å²) in [6.07, 6.45) is 2.41. The minimum atomic E-state index is 0.567. The lowest BCUT2D eigenvalue weighted by atomic mass is 9.99. The molecule has 1 N–H and O–H groups in total. The Kier molecular flexibility index (Phi) is 5.72. The molecule has 0 saturated carbocycles. The molecule has 0 aromatic heterocycles. The average molecular weight is 276 g/mol. The summed E-state index contributed by atoms with van der Waals surface area (Å²) in [5, 5.41) is 3.70. The molecule has 1 aromatic rings. The maximum atomic E-state index is 5.79. The van der Waals surface area contributed by atoms with Crippen molar-refractivity contribution in [3.63, 3.8) is 0 Å². The molecule has 1 aliphatic heterocycles. The largest absolute Gasteiger partial charge is 0.492 e. The predicted molar refractivity (Wildman–Crippen MR) is 85.7 cm³/mol. The van der Waals surface area contributed by atoms with Crippen LogP contribution >= 0.6 is 0 Å². The lowest BCUT2D eigenvalue weighted by Gasteiger charge is -2.30. The van der Waals surface area contributed by atoms with Gasteiger partial charge in [0, 0.05) is 19.1 Å². The minimum Gasteiger partial charge on any atom is -0.492 e. The van der Waals surface area contributed by atoms with Gasteiger partial charge in [-0.05, 0) is 37.9 Å². The molecule has 3 heteroatoms. The third kappa shape index (κ3) is 3.66. The zero-order chi connectivity index (χ0) is 14.4. The third-order valence-corrected chi connectivity index (χ3v) is 4.27. The Bertz CT molecular complexity index is 408. The first kappa shape index (κ1) is 15.2. The number of anilines is 1. The van der Waals surface area contributed by atoms with Gasteiger partial charge in [-0.2, -0.15) is 0 Å². The minimum absolute atomic E-state index is 0.567. The van der Waals surface area contributed by atoms with Crippen molar-refractivity contribution in [3.8, 4) is 5.75 Å². The van der Waals surface area contributed by atoms with Crippen LogP contribution in [0.2, 0.25) is 0 Å². The molecule has 3 nitrogen and oxygen atoms in total. The summed E-state index contributed by atoms with van der Waals surface area (Å²) in [6.45, 7) is 10.7. The molecule has 1 heterocycles. The SMILES string of the molecule is CCOc1ccccc1N1CCCNC(C(C)CC)C1. The van der Waals surface area contributed by atoms with Gasteiger partial charge in [0.25, 0.3) is 0 Å². The van der Waals surface area contributed by atoms with Crippen LogP contribution in [0, 0.1) is 5.92 Å². The summed E-state index contributed by atoms with van der Waals surface area (Å²) in [5.74, 6) is 1.72. The highest BCUT2D eigenvalue weighted by Crippen LogP contribution is 2.29. The van der Waals surface area contributed by atoms with E-state index in [4.69, 9.17) is 4.74 Å². The van der Waals surface area contributed by atoms with Crippen molar-refractivity contribution in [1.82, 2.24) is 5.32 Å². The summed E-state index contributed by atoms with van der Waals surface area (Å²) >= 11 is 0. The molecule has 2 atom stereocenters. The molecule has 0 radical (unpaired) electrons. The van der Waals surface area contributed by atoms with Crippen molar-refractivity contribution < 1.29 is 4.74 Å². The van der Waals surface area contributed by atoms with E-state index in [1.165, 1.54) is 18.5 Å². The normalized spacial score (nSPS) is 21.4. The van der Waals surface area contributed by atoms with Crippen LogP contribution in [0.3, 0.4) is 0 Å². The molecular weight excluding hydrogens is 248 g/mol. The first-order valence-corrected chi connectivity index (χ1v) is 7.96. The van der Waals surface area contributed by atoms with E-state index >= 15 is 0 Å². The number of ether oxygens (including phenoxy) is 1. The fourth-order valence-electron chi connectivity index (χ4n) is 2.83. The van der Waals surface area contributed by atoms with Crippen LogP contribution in [0.25, 0.3) is 0 Å². The van der Waals surface area contributed by atoms with Gasteiger partial charge >= 0.3 is 0 Å². The molecule has 2 rings (SSSR count). The van der Waals surface area contributed by atoms with E-state index < -0.39 is 0 Å². The Labute approximate surface area is 123 Å². The standard InChI is InChI=1S/C17H28N2O/c1-4-14(3)15-13-19(12-8-11-18-15)16-9-6-7-10-17(16)20-5-2/h6-7,9-10,14-15,18H,4-5,8,11-13H2,1-3H3. The number of benzene rings is 1. The maximum absolute atomic E-state index is 5.79. The van der Waals surface area contributed by atoms with Gasteiger partial charge in [-0.15, -0.1) is 0 Å². The first-order valence-electron chi connectivity index (χ1n) is 7.96. The van der Waals surface area contributed by atoms with E-state index in [1.807, 2.05) is 6.92 Å². The lowest BCUT2D eigenvalue weighted by Crippen LogP contribution is -2.42. The van der Waals surface area contributed by atoms with Gasteiger partial charge in [0.15, 0.2) is 0 Å². The van der Waals surface area contributed by atoms with Crippen LogP contribution in [-0.2, 0) is 0 Å². The monoisotopic (exact) mass is 276 g/mol. The lowest BCUT2D eigenvalue weighted by molar-refractivity contribution is 0.339. The van der Waals surface area contributed by atoms with Gasteiger partial charge in [-0.1, -0.05) is 32.4 Å². The molecule has 20 heavy (non-hydrogen) atoms. The molecule has 0 bridgehead atoms. The average Bonchev–Trinajstić information content (AvgIpc) is 2.73. The molecule has 2 unspecified atom stereocenters. The highest BCUT2D eigenvalue weighted by Gasteiger charge is 2.23. The molecule has 1 fully saturated rings. The number of rotatable bonds is 5. The maximum Gasteiger partial charge on any atom is 0.142 e. The van der Waals surface area contributed by atoms with E-state index in [0.717, 1.165) is 32.0 Å². The van der Waals surface area contributed by atoms with Crippen molar-refractivity contribution in [2.75, 3.05) is 31.1 Å². The highest BCUT2D eigenvalue weighted by molar-refractivity contribution is 5.58.